The van der Waals surface area contributed by atoms with Crippen molar-refractivity contribution in [3.8, 4) is 0 Å². The fourth-order valence-corrected chi connectivity index (χ4v) is 2.40. The van der Waals surface area contributed by atoms with Crippen LogP contribution in [-0.2, 0) is 16.0 Å². The van der Waals surface area contributed by atoms with Crippen molar-refractivity contribution in [2.75, 3.05) is 13.1 Å². The monoisotopic (exact) mass is 288 g/mol. The van der Waals surface area contributed by atoms with Gasteiger partial charge in [0, 0.05) is 13.1 Å². The summed E-state index contributed by atoms with van der Waals surface area (Å²) in [5, 5.41) is 5.82. The first-order valence-corrected chi connectivity index (χ1v) is 7.81. The quantitative estimate of drug-likeness (QED) is 0.718. The Bertz CT molecular complexity index is 473. The summed E-state index contributed by atoms with van der Waals surface area (Å²) in [6.45, 7) is 3.43. The molecule has 21 heavy (non-hydrogen) atoms. The Morgan fingerprint density at radius 3 is 2.29 bits per heavy atom. The molecule has 2 rings (SSSR count). The third kappa shape index (κ3) is 4.88. The first-order chi connectivity index (χ1) is 10.2. The molecule has 0 bridgehead atoms. The van der Waals surface area contributed by atoms with E-state index in [0.29, 0.717) is 19.5 Å². The molecule has 0 spiro atoms. The molecule has 0 aromatic heterocycles. The summed E-state index contributed by atoms with van der Waals surface area (Å²) in [4.78, 5) is 23.7. The van der Waals surface area contributed by atoms with E-state index in [2.05, 4.69) is 17.6 Å². The Hall–Kier alpha value is -1.84. The molecular weight excluding hydrogens is 264 g/mol. The fraction of sp³-hybridized carbons (Fsp3) is 0.529. The molecule has 1 aromatic rings. The molecule has 0 saturated heterocycles. The maximum absolute atomic E-state index is 11.9. The number of carbonyl (C=O) groups excluding carboxylic acids is 2. The molecule has 1 aromatic carbocycles. The van der Waals surface area contributed by atoms with Gasteiger partial charge in [-0.3, -0.25) is 9.59 Å². The average molecular weight is 288 g/mol. The molecular formula is C17H24N2O2. The Kier molecular flexibility index (Phi) is 5.78. The summed E-state index contributed by atoms with van der Waals surface area (Å²) in [6, 6.07) is 10.1. The number of amides is 2. The highest BCUT2D eigenvalue weighted by molar-refractivity contribution is 5.92. The van der Waals surface area contributed by atoms with Crippen LogP contribution in [0.3, 0.4) is 0 Å². The second-order valence-corrected chi connectivity index (χ2v) is 5.62. The molecule has 0 aliphatic heterocycles. The van der Waals surface area contributed by atoms with Crippen LogP contribution in [0.15, 0.2) is 30.3 Å². The van der Waals surface area contributed by atoms with E-state index in [0.717, 1.165) is 19.3 Å². The zero-order chi connectivity index (χ0) is 15.1. The fourth-order valence-electron chi connectivity index (χ4n) is 2.40. The van der Waals surface area contributed by atoms with Crippen LogP contribution in [0.4, 0.5) is 0 Å². The SMILES string of the molecule is CCCCNC(=O)C1CC1C(=O)NCCc1ccccc1. The highest BCUT2D eigenvalue weighted by Gasteiger charge is 2.47. The second kappa shape index (κ2) is 7.81. The summed E-state index contributed by atoms with van der Waals surface area (Å²) >= 11 is 0. The van der Waals surface area contributed by atoms with Crippen LogP contribution >= 0.6 is 0 Å². The number of carbonyl (C=O) groups is 2. The first-order valence-electron chi connectivity index (χ1n) is 7.81. The van der Waals surface area contributed by atoms with Gasteiger partial charge in [-0.1, -0.05) is 43.7 Å². The molecule has 1 fully saturated rings. The predicted octanol–water partition coefficient (Wildman–Crippen LogP) is 1.90. The van der Waals surface area contributed by atoms with Gasteiger partial charge in [0.05, 0.1) is 11.8 Å². The van der Waals surface area contributed by atoms with Crippen molar-refractivity contribution in [2.45, 2.75) is 32.6 Å². The van der Waals surface area contributed by atoms with Crippen molar-refractivity contribution < 1.29 is 9.59 Å². The number of hydrogen-bond acceptors (Lipinski definition) is 2. The molecule has 0 radical (unpaired) electrons. The van der Waals surface area contributed by atoms with Crippen molar-refractivity contribution >= 4 is 11.8 Å². The van der Waals surface area contributed by atoms with Crippen LogP contribution in [0.5, 0.6) is 0 Å². The third-order valence-corrected chi connectivity index (χ3v) is 3.85. The van der Waals surface area contributed by atoms with Gasteiger partial charge in [-0.15, -0.1) is 0 Å². The van der Waals surface area contributed by atoms with Crippen LogP contribution in [0.2, 0.25) is 0 Å². The van der Waals surface area contributed by atoms with Gasteiger partial charge in [0.15, 0.2) is 0 Å². The van der Waals surface area contributed by atoms with Crippen molar-refractivity contribution in [3.05, 3.63) is 35.9 Å². The van der Waals surface area contributed by atoms with Crippen LogP contribution in [0.25, 0.3) is 0 Å². The van der Waals surface area contributed by atoms with Gasteiger partial charge < -0.3 is 10.6 Å². The van der Waals surface area contributed by atoms with E-state index >= 15 is 0 Å². The van der Waals surface area contributed by atoms with E-state index < -0.39 is 0 Å². The maximum Gasteiger partial charge on any atom is 0.223 e. The molecule has 1 saturated carbocycles. The second-order valence-electron chi connectivity index (χ2n) is 5.62. The van der Waals surface area contributed by atoms with Crippen molar-refractivity contribution in [1.29, 1.82) is 0 Å². The van der Waals surface area contributed by atoms with Gasteiger partial charge >= 0.3 is 0 Å². The normalized spacial score (nSPS) is 19.9. The minimum Gasteiger partial charge on any atom is -0.356 e. The summed E-state index contributed by atoms with van der Waals surface area (Å²) in [5.41, 5.74) is 1.21. The number of rotatable bonds is 8. The lowest BCUT2D eigenvalue weighted by Gasteiger charge is -2.06. The van der Waals surface area contributed by atoms with Gasteiger partial charge in [0.2, 0.25) is 11.8 Å². The Morgan fingerprint density at radius 2 is 1.67 bits per heavy atom. The lowest BCUT2D eigenvalue weighted by Crippen LogP contribution is -2.31. The van der Waals surface area contributed by atoms with E-state index in [1.807, 2.05) is 30.3 Å². The standard InChI is InChI=1S/C17H24N2O2/c1-2-3-10-18-16(20)14-12-15(14)17(21)19-11-9-13-7-5-4-6-8-13/h4-8,14-15H,2-3,9-12H2,1H3,(H,18,20)(H,19,21). The van der Waals surface area contributed by atoms with Gasteiger partial charge in [0.1, 0.15) is 0 Å². The van der Waals surface area contributed by atoms with Crippen LogP contribution in [0, 0.1) is 11.8 Å². The smallest absolute Gasteiger partial charge is 0.223 e. The lowest BCUT2D eigenvalue weighted by atomic mass is 10.1. The van der Waals surface area contributed by atoms with E-state index in [9.17, 15) is 9.59 Å². The lowest BCUT2D eigenvalue weighted by molar-refractivity contribution is -0.127. The first kappa shape index (κ1) is 15.5. The van der Waals surface area contributed by atoms with Crippen molar-refractivity contribution in [3.63, 3.8) is 0 Å². The van der Waals surface area contributed by atoms with Crippen LogP contribution < -0.4 is 10.6 Å². The topological polar surface area (TPSA) is 58.2 Å². The number of nitrogens with one attached hydrogen (secondary N) is 2. The third-order valence-electron chi connectivity index (χ3n) is 3.85. The number of benzene rings is 1. The van der Waals surface area contributed by atoms with Gasteiger partial charge in [-0.2, -0.15) is 0 Å². The molecule has 4 heteroatoms. The largest absolute Gasteiger partial charge is 0.356 e. The zero-order valence-corrected chi connectivity index (χ0v) is 12.6. The van der Waals surface area contributed by atoms with Gasteiger partial charge in [-0.25, -0.2) is 0 Å². The minimum atomic E-state index is -0.123. The highest BCUT2D eigenvalue weighted by atomic mass is 16.2. The van der Waals surface area contributed by atoms with E-state index in [1.165, 1.54) is 5.56 Å². The number of hydrogen-bond donors (Lipinski definition) is 2. The molecule has 2 N–H and O–H groups in total. The predicted molar refractivity (Wildman–Crippen MR) is 82.7 cm³/mol. The summed E-state index contributed by atoms with van der Waals surface area (Å²) < 4.78 is 0. The average Bonchev–Trinajstić information content (AvgIpc) is 3.29. The maximum atomic E-state index is 11.9. The molecule has 2 atom stereocenters. The Morgan fingerprint density at radius 1 is 1.05 bits per heavy atom. The Labute approximate surface area is 126 Å². The van der Waals surface area contributed by atoms with Gasteiger partial charge in [-0.05, 0) is 24.8 Å². The summed E-state index contributed by atoms with van der Waals surface area (Å²) in [5.74, 6) is -0.186. The van der Waals surface area contributed by atoms with Gasteiger partial charge in [0.25, 0.3) is 0 Å². The zero-order valence-electron chi connectivity index (χ0n) is 12.6. The highest BCUT2D eigenvalue weighted by Crippen LogP contribution is 2.38. The van der Waals surface area contributed by atoms with Crippen molar-refractivity contribution in [1.82, 2.24) is 10.6 Å². The van der Waals surface area contributed by atoms with Crippen molar-refractivity contribution in [2.24, 2.45) is 11.8 Å². The molecule has 4 nitrogen and oxygen atoms in total. The van der Waals surface area contributed by atoms with Crippen LogP contribution in [-0.4, -0.2) is 24.9 Å². The van der Waals surface area contributed by atoms with E-state index in [4.69, 9.17) is 0 Å². The molecule has 0 heterocycles. The molecule has 114 valence electrons. The van der Waals surface area contributed by atoms with Crippen LogP contribution in [0.1, 0.15) is 31.7 Å². The summed E-state index contributed by atoms with van der Waals surface area (Å²) in [6.07, 6.45) is 3.57. The van der Waals surface area contributed by atoms with E-state index in [-0.39, 0.29) is 23.7 Å². The molecule has 2 unspecified atom stereocenters. The minimum absolute atomic E-state index is 0.0153. The summed E-state index contributed by atoms with van der Waals surface area (Å²) in [7, 11) is 0. The molecule has 2 amide bonds. The Balaban J connectivity index is 1.63. The number of unbranched alkanes of at least 4 members (excludes halogenated alkanes) is 1. The van der Waals surface area contributed by atoms with E-state index in [1.54, 1.807) is 0 Å². The molecule has 1 aliphatic rings. The molecule has 1 aliphatic carbocycles.